The van der Waals surface area contributed by atoms with E-state index >= 15 is 0 Å². The van der Waals surface area contributed by atoms with Gasteiger partial charge in [0.1, 0.15) is 11.6 Å². The Hall–Kier alpha value is -1.26. The molecule has 1 rings (SSSR count). The Morgan fingerprint density at radius 2 is 1.78 bits per heavy atom. The molecule has 0 spiro atoms. The van der Waals surface area contributed by atoms with Crippen LogP contribution in [0.1, 0.15) is 53.4 Å². The average Bonchev–Trinajstić information content (AvgIpc) is 2.67. The Kier molecular flexibility index (Phi) is 4.99. The van der Waals surface area contributed by atoms with Crippen LogP contribution in [-0.4, -0.2) is 29.7 Å². The molecule has 0 bridgehead atoms. The van der Waals surface area contributed by atoms with Crippen LogP contribution in [0.5, 0.6) is 0 Å². The van der Waals surface area contributed by atoms with Crippen molar-refractivity contribution in [2.45, 2.75) is 71.1 Å². The number of hydrogen-bond acceptors (Lipinski definition) is 3. The van der Waals surface area contributed by atoms with E-state index in [0.29, 0.717) is 0 Å². The normalized spacial score (nSPS) is 18.2. The van der Waals surface area contributed by atoms with Gasteiger partial charge in [-0.25, -0.2) is 9.59 Å². The lowest BCUT2D eigenvalue weighted by Crippen LogP contribution is -2.48. The van der Waals surface area contributed by atoms with Crippen molar-refractivity contribution in [1.29, 1.82) is 0 Å². The zero-order chi connectivity index (χ0) is 13.8. The summed E-state index contributed by atoms with van der Waals surface area (Å²) in [5.74, 6) is -0.413. The van der Waals surface area contributed by atoms with Gasteiger partial charge in [-0.2, -0.15) is 0 Å². The second kappa shape index (κ2) is 6.07. The van der Waals surface area contributed by atoms with E-state index in [1.54, 1.807) is 27.7 Å². The van der Waals surface area contributed by atoms with Crippen LogP contribution in [0, 0.1) is 0 Å². The first-order chi connectivity index (χ1) is 8.28. The molecule has 0 unspecified atom stereocenters. The summed E-state index contributed by atoms with van der Waals surface area (Å²) in [5.41, 5.74) is -0.533. The third kappa shape index (κ3) is 5.38. The van der Waals surface area contributed by atoms with Gasteiger partial charge in [-0.1, -0.05) is 12.8 Å². The molecule has 0 aliphatic heterocycles. The molecule has 0 saturated heterocycles. The summed E-state index contributed by atoms with van der Waals surface area (Å²) in [5, 5.41) is 5.47. The highest BCUT2D eigenvalue weighted by molar-refractivity contribution is 5.83. The highest BCUT2D eigenvalue weighted by Gasteiger charge is 2.24. The standard InChI is InChI=1S/C13H24N2O3/c1-9(11(16)18-13(2,3)4)14-12(17)15-10-7-5-6-8-10/h9-10H,5-8H2,1-4H3,(H2,14,15,17)/t9-/m0/s1. The fourth-order valence-electron chi connectivity index (χ4n) is 1.94. The molecule has 1 fully saturated rings. The van der Waals surface area contributed by atoms with Gasteiger partial charge in [0.15, 0.2) is 0 Å². The largest absolute Gasteiger partial charge is 0.458 e. The molecule has 0 radical (unpaired) electrons. The lowest BCUT2D eigenvalue weighted by molar-refractivity contribution is -0.156. The molecule has 104 valence electrons. The van der Waals surface area contributed by atoms with Crippen molar-refractivity contribution in [2.75, 3.05) is 0 Å². The number of nitrogens with one attached hydrogen (secondary N) is 2. The molecule has 1 atom stereocenters. The van der Waals surface area contributed by atoms with Crippen LogP contribution in [0.4, 0.5) is 4.79 Å². The van der Waals surface area contributed by atoms with Crippen molar-refractivity contribution in [3.8, 4) is 0 Å². The maximum Gasteiger partial charge on any atom is 0.328 e. The zero-order valence-electron chi connectivity index (χ0n) is 11.7. The first-order valence-corrected chi connectivity index (χ1v) is 6.58. The van der Waals surface area contributed by atoms with Gasteiger partial charge in [0.2, 0.25) is 0 Å². The topological polar surface area (TPSA) is 67.4 Å². The van der Waals surface area contributed by atoms with E-state index in [0.717, 1.165) is 25.7 Å². The van der Waals surface area contributed by atoms with Crippen molar-refractivity contribution in [2.24, 2.45) is 0 Å². The van der Waals surface area contributed by atoms with Crippen LogP contribution in [0.2, 0.25) is 0 Å². The Balaban J connectivity index is 2.31. The minimum Gasteiger partial charge on any atom is -0.458 e. The van der Waals surface area contributed by atoms with Crippen LogP contribution in [0.25, 0.3) is 0 Å². The highest BCUT2D eigenvalue weighted by Crippen LogP contribution is 2.17. The van der Waals surface area contributed by atoms with Gasteiger partial charge >= 0.3 is 12.0 Å². The average molecular weight is 256 g/mol. The quantitative estimate of drug-likeness (QED) is 0.758. The molecule has 2 N–H and O–H groups in total. The van der Waals surface area contributed by atoms with E-state index in [4.69, 9.17) is 4.74 Å². The second-order valence-electron chi connectivity index (χ2n) is 5.85. The molecule has 0 heterocycles. The maximum atomic E-state index is 11.7. The zero-order valence-corrected chi connectivity index (χ0v) is 11.7. The molecule has 1 aliphatic rings. The molecule has 0 aromatic carbocycles. The summed E-state index contributed by atoms with van der Waals surface area (Å²) in [7, 11) is 0. The minimum atomic E-state index is -0.634. The van der Waals surface area contributed by atoms with Crippen LogP contribution in [0.3, 0.4) is 0 Å². The summed E-state index contributed by atoms with van der Waals surface area (Å²) < 4.78 is 5.19. The smallest absolute Gasteiger partial charge is 0.328 e. The molecular formula is C13H24N2O3. The Bertz CT molecular complexity index is 304. The summed E-state index contributed by atoms with van der Waals surface area (Å²) in [6.45, 7) is 7.03. The molecule has 1 aliphatic carbocycles. The predicted molar refractivity (Wildman–Crippen MR) is 69.2 cm³/mol. The highest BCUT2D eigenvalue weighted by atomic mass is 16.6. The molecule has 18 heavy (non-hydrogen) atoms. The lowest BCUT2D eigenvalue weighted by Gasteiger charge is -2.23. The minimum absolute atomic E-state index is 0.246. The lowest BCUT2D eigenvalue weighted by atomic mass is 10.2. The Labute approximate surface area is 109 Å². The number of esters is 1. The number of hydrogen-bond donors (Lipinski definition) is 2. The fourth-order valence-corrected chi connectivity index (χ4v) is 1.94. The number of urea groups is 1. The third-order valence-corrected chi connectivity index (χ3v) is 2.80. The van der Waals surface area contributed by atoms with E-state index in [1.165, 1.54) is 0 Å². The van der Waals surface area contributed by atoms with Crippen LogP contribution < -0.4 is 10.6 Å². The van der Waals surface area contributed by atoms with Crippen LogP contribution in [-0.2, 0) is 9.53 Å². The Morgan fingerprint density at radius 3 is 2.28 bits per heavy atom. The first kappa shape index (κ1) is 14.8. The summed E-state index contributed by atoms with van der Waals surface area (Å²) in [6, 6.07) is -0.679. The molecule has 1 saturated carbocycles. The van der Waals surface area contributed by atoms with Gasteiger partial charge in [-0.3, -0.25) is 0 Å². The van der Waals surface area contributed by atoms with Gasteiger partial charge in [-0.15, -0.1) is 0 Å². The maximum absolute atomic E-state index is 11.7. The number of ether oxygens (including phenoxy) is 1. The van der Waals surface area contributed by atoms with Crippen molar-refractivity contribution < 1.29 is 14.3 Å². The molecule has 0 aromatic rings. The fraction of sp³-hybridized carbons (Fsp3) is 0.846. The van der Waals surface area contributed by atoms with E-state index < -0.39 is 17.6 Å². The van der Waals surface area contributed by atoms with Crippen molar-refractivity contribution >= 4 is 12.0 Å². The van der Waals surface area contributed by atoms with Gasteiger partial charge in [0.25, 0.3) is 0 Å². The number of amides is 2. The first-order valence-electron chi connectivity index (χ1n) is 6.58. The molecule has 2 amide bonds. The Morgan fingerprint density at radius 1 is 1.22 bits per heavy atom. The van der Waals surface area contributed by atoms with Crippen molar-refractivity contribution in [3.05, 3.63) is 0 Å². The predicted octanol–water partition coefficient (Wildman–Crippen LogP) is 1.96. The van der Waals surface area contributed by atoms with E-state index in [2.05, 4.69) is 10.6 Å². The molecule has 5 heteroatoms. The summed E-state index contributed by atoms with van der Waals surface area (Å²) >= 11 is 0. The number of carbonyl (C=O) groups is 2. The SMILES string of the molecule is C[C@H](NC(=O)NC1CCCC1)C(=O)OC(C)(C)C. The third-order valence-electron chi connectivity index (χ3n) is 2.80. The van der Waals surface area contributed by atoms with Gasteiger partial charge in [-0.05, 0) is 40.5 Å². The molecular weight excluding hydrogens is 232 g/mol. The van der Waals surface area contributed by atoms with Gasteiger partial charge in [0, 0.05) is 6.04 Å². The number of carbonyl (C=O) groups excluding carboxylic acids is 2. The van der Waals surface area contributed by atoms with Crippen molar-refractivity contribution in [1.82, 2.24) is 10.6 Å². The van der Waals surface area contributed by atoms with E-state index in [-0.39, 0.29) is 12.1 Å². The second-order valence-corrected chi connectivity index (χ2v) is 5.85. The molecule has 5 nitrogen and oxygen atoms in total. The van der Waals surface area contributed by atoms with E-state index in [9.17, 15) is 9.59 Å². The molecule has 0 aromatic heterocycles. The van der Waals surface area contributed by atoms with Crippen LogP contribution in [0.15, 0.2) is 0 Å². The monoisotopic (exact) mass is 256 g/mol. The van der Waals surface area contributed by atoms with Crippen molar-refractivity contribution in [3.63, 3.8) is 0 Å². The van der Waals surface area contributed by atoms with Gasteiger partial charge < -0.3 is 15.4 Å². The summed E-state index contributed by atoms with van der Waals surface area (Å²) in [6.07, 6.45) is 4.36. The van der Waals surface area contributed by atoms with Gasteiger partial charge in [0.05, 0.1) is 0 Å². The summed E-state index contributed by atoms with van der Waals surface area (Å²) in [4.78, 5) is 23.3. The van der Waals surface area contributed by atoms with E-state index in [1.807, 2.05) is 0 Å². The van der Waals surface area contributed by atoms with Crippen LogP contribution >= 0.6 is 0 Å². The number of rotatable bonds is 3.